The molecule has 8 heteroatoms. The number of anilines is 1. The predicted molar refractivity (Wildman–Crippen MR) is 117 cm³/mol. The monoisotopic (exact) mass is 401 g/mol. The fourth-order valence-corrected chi connectivity index (χ4v) is 3.10. The van der Waals surface area contributed by atoms with Crippen LogP contribution in [0.1, 0.15) is 11.1 Å². The molecule has 0 fully saturated rings. The largest absolute Gasteiger partial charge is 0.404 e. The first-order valence-electron chi connectivity index (χ1n) is 9.30. The van der Waals surface area contributed by atoms with Crippen molar-refractivity contribution in [2.75, 3.05) is 12.4 Å². The van der Waals surface area contributed by atoms with Gasteiger partial charge in [0.1, 0.15) is 23.6 Å². The Morgan fingerprint density at radius 3 is 2.77 bits per heavy atom. The Bertz CT molecular complexity index is 1230. The number of allylic oxidation sites excluding steroid dienone is 1. The number of hydrogen-bond donors (Lipinski definition) is 2. The minimum absolute atomic E-state index is 0.327. The molecule has 0 bridgehead atoms. The molecule has 0 amide bonds. The number of hydrogen-bond acceptors (Lipinski definition) is 6. The number of halogens is 1. The first-order chi connectivity index (χ1) is 14.7. The third-order valence-corrected chi connectivity index (χ3v) is 4.61. The highest BCUT2D eigenvalue weighted by Crippen LogP contribution is 2.21. The van der Waals surface area contributed by atoms with Gasteiger partial charge in [-0.25, -0.2) is 19.3 Å². The zero-order chi connectivity index (χ0) is 20.9. The Morgan fingerprint density at radius 1 is 1.17 bits per heavy atom. The Balaban J connectivity index is 1.50. The molecule has 3 heterocycles. The molecule has 0 spiro atoms. The number of benzene rings is 1. The van der Waals surface area contributed by atoms with Gasteiger partial charge in [0.2, 0.25) is 0 Å². The number of pyridine rings is 1. The van der Waals surface area contributed by atoms with Gasteiger partial charge in [-0.3, -0.25) is 9.39 Å². The third kappa shape index (κ3) is 4.02. The van der Waals surface area contributed by atoms with Gasteiger partial charge in [-0.05, 0) is 17.2 Å². The van der Waals surface area contributed by atoms with E-state index in [-0.39, 0.29) is 5.82 Å². The summed E-state index contributed by atoms with van der Waals surface area (Å²) in [5, 5.41) is 3.30. The Labute approximate surface area is 172 Å². The Morgan fingerprint density at radius 2 is 2.00 bits per heavy atom. The van der Waals surface area contributed by atoms with Crippen molar-refractivity contribution in [1.29, 1.82) is 0 Å². The highest BCUT2D eigenvalue weighted by Gasteiger charge is 2.09. The molecule has 0 aliphatic carbocycles. The number of rotatable bonds is 6. The number of nitrogens with one attached hydrogen (secondary N) is 1. The molecule has 3 N–H and O–H groups in total. The fourth-order valence-electron chi connectivity index (χ4n) is 3.10. The minimum Gasteiger partial charge on any atom is -0.404 e. The highest BCUT2D eigenvalue weighted by atomic mass is 19.1. The van der Waals surface area contributed by atoms with Gasteiger partial charge in [0, 0.05) is 49.9 Å². The molecular weight excluding hydrogens is 381 g/mol. The average Bonchev–Trinajstić information content (AvgIpc) is 3.20. The predicted octanol–water partition coefficient (Wildman–Crippen LogP) is 3.54. The van der Waals surface area contributed by atoms with Gasteiger partial charge in [-0.2, -0.15) is 0 Å². The van der Waals surface area contributed by atoms with Crippen LogP contribution in [-0.2, 0) is 6.54 Å². The van der Waals surface area contributed by atoms with E-state index in [1.54, 1.807) is 30.1 Å². The highest BCUT2D eigenvalue weighted by molar-refractivity contribution is 6.09. The number of aromatic nitrogens is 4. The summed E-state index contributed by atoms with van der Waals surface area (Å²) in [5.41, 5.74) is 10.6. The van der Waals surface area contributed by atoms with Crippen molar-refractivity contribution in [2.24, 2.45) is 10.7 Å². The van der Waals surface area contributed by atoms with E-state index in [0.717, 1.165) is 22.4 Å². The zero-order valence-corrected chi connectivity index (χ0v) is 16.3. The van der Waals surface area contributed by atoms with E-state index < -0.39 is 0 Å². The summed E-state index contributed by atoms with van der Waals surface area (Å²) < 4.78 is 15.2. The smallest absolute Gasteiger partial charge is 0.140 e. The average molecular weight is 401 g/mol. The van der Waals surface area contributed by atoms with E-state index in [1.165, 1.54) is 24.7 Å². The molecule has 0 saturated heterocycles. The van der Waals surface area contributed by atoms with Crippen molar-refractivity contribution >= 4 is 23.3 Å². The second-order valence-electron chi connectivity index (χ2n) is 6.56. The molecule has 1 aromatic carbocycles. The van der Waals surface area contributed by atoms with Crippen LogP contribution in [0.2, 0.25) is 0 Å². The van der Waals surface area contributed by atoms with Crippen LogP contribution in [0.15, 0.2) is 72.4 Å². The number of nitrogens with two attached hydrogens (primary N) is 1. The molecule has 0 aliphatic rings. The van der Waals surface area contributed by atoms with Gasteiger partial charge in [0.05, 0.1) is 17.6 Å². The standard InChI is InChI=1S/C22H20FN7/c1-25-12-17(10-24)16-4-2-15(3-5-16)11-26-21-9-19(28-14-29-21)20-13-27-22-8-18(23)6-7-30(20)22/h2-10,12-14H,11,24H2,1H3,(H,26,28,29)/b17-10+,25-12?. The number of imidazole rings is 1. The molecule has 0 radical (unpaired) electrons. The zero-order valence-electron chi connectivity index (χ0n) is 16.3. The first-order valence-corrected chi connectivity index (χ1v) is 9.30. The minimum atomic E-state index is -0.327. The molecular formula is C22H20FN7. The van der Waals surface area contributed by atoms with Crippen LogP contribution in [0, 0.1) is 5.82 Å². The molecule has 0 aliphatic heterocycles. The van der Waals surface area contributed by atoms with Gasteiger partial charge in [0.15, 0.2) is 0 Å². The van der Waals surface area contributed by atoms with E-state index >= 15 is 0 Å². The van der Waals surface area contributed by atoms with Crippen LogP contribution in [0.25, 0.3) is 22.6 Å². The first kappa shape index (κ1) is 19.3. The lowest BCUT2D eigenvalue weighted by atomic mass is 10.1. The Hall–Kier alpha value is -4.07. The van der Waals surface area contributed by atoms with Gasteiger partial charge < -0.3 is 11.1 Å². The maximum atomic E-state index is 13.4. The van der Waals surface area contributed by atoms with Gasteiger partial charge in [-0.15, -0.1) is 0 Å². The summed E-state index contributed by atoms with van der Waals surface area (Å²) in [5.74, 6) is 0.355. The molecule has 0 saturated carbocycles. The summed E-state index contributed by atoms with van der Waals surface area (Å²) in [6, 6.07) is 12.7. The van der Waals surface area contributed by atoms with Crippen molar-refractivity contribution in [3.8, 4) is 11.4 Å². The summed E-state index contributed by atoms with van der Waals surface area (Å²) in [6.45, 7) is 0.596. The molecule has 30 heavy (non-hydrogen) atoms. The lowest BCUT2D eigenvalue weighted by molar-refractivity contribution is 0.626. The van der Waals surface area contributed by atoms with Gasteiger partial charge in [0.25, 0.3) is 0 Å². The second kappa shape index (κ2) is 8.52. The molecule has 7 nitrogen and oxygen atoms in total. The van der Waals surface area contributed by atoms with Crippen LogP contribution in [0.3, 0.4) is 0 Å². The summed E-state index contributed by atoms with van der Waals surface area (Å²) in [6.07, 6.45) is 8.06. The Kier molecular flexibility index (Phi) is 5.47. The summed E-state index contributed by atoms with van der Waals surface area (Å²) >= 11 is 0. The van der Waals surface area contributed by atoms with Crippen molar-refractivity contribution in [3.63, 3.8) is 0 Å². The topological polar surface area (TPSA) is 93.5 Å². The van der Waals surface area contributed by atoms with E-state index in [4.69, 9.17) is 5.73 Å². The fraction of sp³-hybridized carbons (Fsp3) is 0.0909. The van der Waals surface area contributed by atoms with E-state index in [9.17, 15) is 4.39 Å². The lowest BCUT2D eigenvalue weighted by Gasteiger charge is -2.08. The van der Waals surface area contributed by atoms with Crippen molar-refractivity contribution in [3.05, 3.63) is 84.3 Å². The quantitative estimate of drug-likeness (QED) is 0.482. The molecule has 4 rings (SSSR count). The lowest BCUT2D eigenvalue weighted by Crippen LogP contribution is -2.03. The van der Waals surface area contributed by atoms with Crippen molar-refractivity contribution in [2.45, 2.75) is 6.54 Å². The third-order valence-electron chi connectivity index (χ3n) is 4.61. The van der Waals surface area contributed by atoms with Crippen LogP contribution >= 0.6 is 0 Å². The van der Waals surface area contributed by atoms with Crippen LogP contribution in [0.4, 0.5) is 10.2 Å². The summed E-state index contributed by atoms with van der Waals surface area (Å²) in [4.78, 5) is 16.9. The van der Waals surface area contributed by atoms with Gasteiger partial charge in [-0.1, -0.05) is 24.3 Å². The van der Waals surface area contributed by atoms with E-state index in [1.807, 2.05) is 30.3 Å². The number of aliphatic imine (C=N–C) groups is 1. The normalized spacial score (nSPS) is 12.0. The molecule has 0 atom stereocenters. The van der Waals surface area contributed by atoms with Crippen LogP contribution in [0.5, 0.6) is 0 Å². The van der Waals surface area contributed by atoms with E-state index in [0.29, 0.717) is 23.7 Å². The molecule has 150 valence electrons. The van der Waals surface area contributed by atoms with Crippen molar-refractivity contribution in [1.82, 2.24) is 19.4 Å². The van der Waals surface area contributed by atoms with Crippen LogP contribution < -0.4 is 11.1 Å². The molecule has 3 aromatic heterocycles. The van der Waals surface area contributed by atoms with Gasteiger partial charge >= 0.3 is 0 Å². The molecule has 0 unspecified atom stereocenters. The van der Waals surface area contributed by atoms with Crippen LogP contribution in [-0.4, -0.2) is 32.6 Å². The number of fused-ring (bicyclic) bond motifs is 1. The van der Waals surface area contributed by atoms with E-state index in [2.05, 4.69) is 25.3 Å². The summed E-state index contributed by atoms with van der Waals surface area (Å²) in [7, 11) is 1.71. The van der Waals surface area contributed by atoms with Crippen molar-refractivity contribution < 1.29 is 4.39 Å². The SMILES string of the molecule is CN=C/C(=C\N)c1ccc(CNc2cc(-c3cnc4cc(F)ccn34)ncn2)cc1. The number of nitrogens with zero attached hydrogens (tertiary/aromatic N) is 5. The maximum absolute atomic E-state index is 13.4. The molecule has 4 aromatic rings. The maximum Gasteiger partial charge on any atom is 0.140 e. The second-order valence-corrected chi connectivity index (χ2v) is 6.56.